The van der Waals surface area contributed by atoms with Crippen LogP contribution in [0.4, 0.5) is 8.78 Å². The first-order valence-corrected chi connectivity index (χ1v) is 3.84. The highest BCUT2D eigenvalue weighted by molar-refractivity contribution is 5.77. The van der Waals surface area contributed by atoms with Gasteiger partial charge in [-0.1, -0.05) is 0 Å². The molecule has 0 aromatic heterocycles. The minimum Gasteiger partial charge on any atom is -0.358 e. The number of nitrogens with one attached hydrogen (secondary N) is 1. The Morgan fingerprint density at radius 3 is 2.75 bits per heavy atom. The number of carbonyl (C=O) groups excluding carboxylic acids is 1. The van der Waals surface area contributed by atoms with Gasteiger partial charge >= 0.3 is 0 Å². The Kier molecular flexibility index (Phi) is 2.62. The predicted octanol–water partition coefficient (Wildman–Crippen LogP) is 0.0734. The largest absolute Gasteiger partial charge is 0.358 e. The van der Waals surface area contributed by atoms with E-state index in [1.807, 2.05) is 0 Å². The second-order valence-corrected chi connectivity index (χ2v) is 2.99. The number of nitrogens with zero attached hydrogens (tertiary/aromatic N) is 1. The molecule has 0 radical (unpaired) electrons. The highest BCUT2D eigenvalue weighted by Gasteiger charge is 2.38. The van der Waals surface area contributed by atoms with Crippen LogP contribution in [0.15, 0.2) is 0 Å². The fourth-order valence-corrected chi connectivity index (χ4v) is 1.22. The molecule has 0 saturated carbocycles. The summed E-state index contributed by atoms with van der Waals surface area (Å²) in [5, 5.41) is 2.39. The second-order valence-electron chi connectivity index (χ2n) is 2.99. The average Bonchev–Trinajstić information content (AvgIpc) is 2.30. The maximum Gasteiger partial charge on any atom is 0.261 e. The lowest BCUT2D eigenvalue weighted by molar-refractivity contribution is -0.121. The quantitative estimate of drug-likeness (QED) is 0.649. The fourth-order valence-electron chi connectivity index (χ4n) is 1.22. The summed E-state index contributed by atoms with van der Waals surface area (Å²) in [7, 11) is 1.50. The number of alkyl halides is 2. The van der Waals surface area contributed by atoms with E-state index in [4.69, 9.17) is 0 Å². The fraction of sp³-hybridized carbons (Fsp3) is 0.857. The van der Waals surface area contributed by atoms with Gasteiger partial charge in [0.25, 0.3) is 5.92 Å². The lowest BCUT2D eigenvalue weighted by atomic mass is 10.3. The predicted molar refractivity (Wildman–Crippen MR) is 40.1 cm³/mol. The molecule has 3 nitrogen and oxygen atoms in total. The van der Waals surface area contributed by atoms with Gasteiger partial charge in [0.15, 0.2) is 0 Å². The van der Waals surface area contributed by atoms with Crippen molar-refractivity contribution in [2.75, 3.05) is 26.7 Å². The monoisotopic (exact) mass is 178 g/mol. The number of hydrogen-bond donors (Lipinski definition) is 1. The molecule has 1 rings (SSSR count). The molecule has 5 heteroatoms. The molecular weight excluding hydrogens is 166 g/mol. The van der Waals surface area contributed by atoms with Crippen molar-refractivity contribution < 1.29 is 13.6 Å². The van der Waals surface area contributed by atoms with E-state index in [1.165, 1.54) is 11.9 Å². The standard InChI is InChI=1S/C7H12F2N2O/c1-10-6(12)4-11-3-2-7(8,9)5-11/h2-5H2,1H3,(H,10,12). The zero-order valence-corrected chi connectivity index (χ0v) is 6.94. The van der Waals surface area contributed by atoms with E-state index in [1.54, 1.807) is 0 Å². The summed E-state index contributed by atoms with van der Waals surface area (Å²) >= 11 is 0. The number of carbonyl (C=O) groups is 1. The number of likely N-dealkylation sites (N-methyl/N-ethyl adjacent to an activating group) is 1. The van der Waals surface area contributed by atoms with Gasteiger partial charge in [0.1, 0.15) is 0 Å². The van der Waals surface area contributed by atoms with Crippen molar-refractivity contribution in [1.29, 1.82) is 0 Å². The highest BCUT2D eigenvalue weighted by atomic mass is 19.3. The molecule has 1 aliphatic heterocycles. The average molecular weight is 178 g/mol. The van der Waals surface area contributed by atoms with E-state index >= 15 is 0 Å². The van der Waals surface area contributed by atoms with Crippen LogP contribution in [0.1, 0.15) is 6.42 Å². The van der Waals surface area contributed by atoms with Crippen LogP contribution in [0, 0.1) is 0 Å². The van der Waals surface area contributed by atoms with Crippen molar-refractivity contribution in [3.05, 3.63) is 0 Å². The summed E-state index contributed by atoms with van der Waals surface area (Å²) in [5.74, 6) is -2.82. The number of hydrogen-bond acceptors (Lipinski definition) is 2. The maximum atomic E-state index is 12.6. The molecule has 1 saturated heterocycles. The summed E-state index contributed by atoms with van der Waals surface area (Å²) in [4.78, 5) is 12.2. The summed E-state index contributed by atoms with van der Waals surface area (Å²) < 4.78 is 25.2. The molecule has 0 aromatic rings. The smallest absolute Gasteiger partial charge is 0.261 e. The zero-order chi connectivity index (χ0) is 9.19. The molecule has 70 valence electrons. The van der Waals surface area contributed by atoms with Crippen LogP contribution in [-0.4, -0.2) is 43.4 Å². The van der Waals surface area contributed by atoms with Crippen LogP contribution < -0.4 is 5.32 Å². The lowest BCUT2D eigenvalue weighted by Gasteiger charge is -2.13. The Labute approximate surface area is 69.7 Å². The molecule has 0 unspecified atom stereocenters. The molecule has 1 fully saturated rings. The lowest BCUT2D eigenvalue weighted by Crippen LogP contribution is -2.35. The van der Waals surface area contributed by atoms with E-state index in [0.717, 1.165) is 0 Å². The molecular formula is C7H12F2N2O. The van der Waals surface area contributed by atoms with E-state index in [2.05, 4.69) is 5.32 Å². The van der Waals surface area contributed by atoms with E-state index in [9.17, 15) is 13.6 Å². The van der Waals surface area contributed by atoms with Crippen LogP contribution in [0.3, 0.4) is 0 Å². The zero-order valence-electron chi connectivity index (χ0n) is 6.94. The Morgan fingerprint density at radius 1 is 1.67 bits per heavy atom. The molecule has 12 heavy (non-hydrogen) atoms. The third-order valence-electron chi connectivity index (χ3n) is 1.89. The van der Waals surface area contributed by atoms with Crippen molar-refractivity contribution in [3.8, 4) is 0 Å². The number of rotatable bonds is 2. The van der Waals surface area contributed by atoms with E-state index < -0.39 is 5.92 Å². The molecule has 0 spiro atoms. The number of amides is 1. The van der Waals surface area contributed by atoms with Crippen molar-refractivity contribution in [2.24, 2.45) is 0 Å². The van der Waals surface area contributed by atoms with E-state index in [-0.39, 0.29) is 25.4 Å². The van der Waals surface area contributed by atoms with Crippen LogP contribution in [0.25, 0.3) is 0 Å². The molecule has 1 N–H and O–H groups in total. The van der Waals surface area contributed by atoms with Crippen LogP contribution in [-0.2, 0) is 4.79 Å². The van der Waals surface area contributed by atoms with Gasteiger partial charge in [-0.3, -0.25) is 9.69 Å². The van der Waals surface area contributed by atoms with Crippen LogP contribution >= 0.6 is 0 Å². The van der Waals surface area contributed by atoms with E-state index in [0.29, 0.717) is 6.54 Å². The highest BCUT2D eigenvalue weighted by Crippen LogP contribution is 2.26. The Morgan fingerprint density at radius 2 is 2.33 bits per heavy atom. The van der Waals surface area contributed by atoms with Gasteiger partial charge in [-0.2, -0.15) is 0 Å². The minimum atomic E-state index is -2.60. The number of halogens is 2. The summed E-state index contributed by atoms with van der Waals surface area (Å²) in [5.41, 5.74) is 0. The third kappa shape index (κ3) is 2.41. The molecule has 0 aliphatic carbocycles. The first-order valence-electron chi connectivity index (χ1n) is 3.84. The number of likely N-dealkylation sites (tertiary alicyclic amines) is 1. The molecule has 1 aliphatic rings. The van der Waals surface area contributed by atoms with Crippen molar-refractivity contribution >= 4 is 5.91 Å². The van der Waals surface area contributed by atoms with Gasteiger partial charge < -0.3 is 5.32 Å². The SMILES string of the molecule is CNC(=O)CN1CCC(F)(F)C1. The van der Waals surface area contributed by atoms with Gasteiger partial charge in [-0.05, 0) is 0 Å². The van der Waals surface area contributed by atoms with Gasteiger partial charge in [0, 0.05) is 20.0 Å². The van der Waals surface area contributed by atoms with Gasteiger partial charge in [0.2, 0.25) is 5.91 Å². The molecule has 1 heterocycles. The third-order valence-corrected chi connectivity index (χ3v) is 1.89. The van der Waals surface area contributed by atoms with Gasteiger partial charge in [0.05, 0.1) is 13.1 Å². The molecule has 1 amide bonds. The normalized spacial score (nSPS) is 22.6. The van der Waals surface area contributed by atoms with Crippen molar-refractivity contribution in [2.45, 2.75) is 12.3 Å². The maximum absolute atomic E-state index is 12.6. The summed E-state index contributed by atoms with van der Waals surface area (Å²) in [6, 6.07) is 0. The second kappa shape index (κ2) is 3.35. The first-order chi connectivity index (χ1) is 5.53. The molecule has 0 bridgehead atoms. The Bertz CT molecular complexity index is 184. The van der Waals surface area contributed by atoms with Gasteiger partial charge in [-0.25, -0.2) is 8.78 Å². The van der Waals surface area contributed by atoms with Crippen molar-refractivity contribution in [3.63, 3.8) is 0 Å². The molecule has 0 aromatic carbocycles. The Hall–Kier alpha value is -0.710. The minimum absolute atomic E-state index is 0.0755. The van der Waals surface area contributed by atoms with Crippen LogP contribution in [0.2, 0.25) is 0 Å². The topological polar surface area (TPSA) is 32.3 Å². The Balaban J connectivity index is 2.33. The first kappa shape index (κ1) is 9.38. The summed E-state index contributed by atoms with van der Waals surface area (Å²) in [6.07, 6.45) is -0.135. The molecule has 0 atom stereocenters. The van der Waals surface area contributed by atoms with Crippen LogP contribution in [0.5, 0.6) is 0 Å². The van der Waals surface area contributed by atoms with Crippen molar-refractivity contribution in [1.82, 2.24) is 10.2 Å². The van der Waals surface area contributed by atoms with Gasteiger partial charge in [-0.15, -0.1) is 0 Å². The summed E-state index contributed by atoms with van der Waals surface area (Å²) in [6.45, 7) is 0.0902.